The summed E-state index contributed by atoms with van der Waals surface area (Å²) >= 11 is 0. The molecule has 1 fully saturated rings. The Bertz CT molecular complexity index is 446. The molecule has 1 aliphatic heterocycles. The van der Waals surface area contributed by atoms with Crippen LogP contribution in [0.3, 0.4) is 0 Å². The highest BCUT2D eigenvalue weighted by Crippen LogP contribution is 2.21. The van der Waals surface area contributed by atoms with E-state index >= 15 is 0 Å². The summed E-state index contributed by atoms with van der Waals surface area (Å²) in [5, 5.41) is 0. The van der Waals surface area contributed by atoms with Crippen LogP contribution in [0.5, 0.6) is 0 Å². The van der Waals surface area contributed by atoms with E-state index in [2.05, 4.69) is 54.0 Å². The quantitative estimate of drug-likeness (QED) is 0.732. The molecule has 128 valence electrons. The predicted octanol–water partition coefficient (Wildman–Crippen LogP) is 3.59. The van der Waals surface area contributed by atoms with Crippen molar-refractivity contribution in [3.63, 3.8) is 0 Å². The minimum atomic E-state index is 0.324. The summed E-state index contributed by atoms with van der Waals surface area (Å²) in [6.07, 6.45) is 5.67. The van der Waals surface area contributed by atoms with Gasteiger partial charge in [0.2, 0.25) is 5.91 Å². The second kappa shape index (κ2) is 9.71. The van der Waals surface area contributed by atoms with E-state index in [0.717, 1.165) is 64.2 Å². The van der Waals surface area contributed by atoms with Crippen LogP contribution in [0.2, 0.25) is 0 Å². The first kappa shape index (κ1) is 18.0. The number of likely N-dealkylation sites (tertiary alicyclic amines) is 1. The molecule has 0 unspecified atom stereocenters. The maximum atomic E-state index is 12.5. The second-order valence-corrected chi connectivity index (χ2v) is 6.79. The Kier molecular flexibility index (Phi) is 7.60. The number of carbonyl (C=O) groups excluding carboxylic acids is 1. The van der Waals surface area contributed by atoms with E-state index in [1.807, 2.05) is 0 Å². The predicted molar refractivity (Wildman–Crippen MR) is 96.5 cm³/mol. The maximum absolute atomic E-state index is 12.5. The van der Waals surface area contributed by atoms with E-state index in [-0.39, 0.29) is 0 Å². The summed E-state index contributed by atoms with van der Waals surface area (Å²) in [7, 11) is 0. The van der Waals surface area contributed by atoms with Crippen molar-refractivity contribution in [2.75, 3.05) is 32.7 Å². The summed E-state index contributed by atoms with van der Waals surface area (Å²) < 4.78 is 0. The lowest BCUT2D eigenvalue weighted by atomic mass is 9.90. The Balaban J connectivity index is 1.75. The standard InChI is InChI=1S/C20H32N2O/c1-3-12-21(13-4-2)17-20(23)22-14-10-19(11-15-22)16-18-8-6-5-7-9-18/h5-9,19H,3-4,10-17H2,1-2H3. The molecule has 0 N–H and O–H groups in total. The summed E-state index contributed by atoms with van der Waals surface area (Å²) in [6, 6.07) is 10.7. The molecule has 1 aromatic rings. The first-order valence-corrected chi connectivity index (χ1v) is 9.27. The van der Waals surface area contributed by atoms with Gasteiger partial charge in [0.15, 0.2) is 0 Å². The summed E-state index contributed by atoms with van der Waals surface area (Å²) in [5.41, 5.74) is 1.43. The normalized spacial score (nSPS) is 16.0. The lowest BCUT2D eigenvalue weighted by Crippen LogP contribution is -2.44. The van der Waals surface area contributed by atoms with Crippen LogP contribution in [0.25, 0.3) is 0 Å². The smallest absolute Gasteiger partial charge is 0.236 e. The first-order chi connectivity index (χ1) is 11.2. The minimum Gasteiger partial charge on any atom is -0.342 e. The zero-order valence-corrected chi connectivity index (χ0v) is 14.8. The van der Waals surface area contributed by atoms with Crippen LogP contribution in [-0.4, -0.2) is 48.4 Å². The van der Waals surface area contributed by atoms with Gasteiger partial charge in [-0.15, -0.1) is 0 Å². The number of amides is 1. The molecule has 0 radical (unpaired) electrons. The van der Waals surface area contributed by atoms with Crippen LogP contribution >= 0.6 is 0 Å². The summed E-state index contributed by atoms with van der Waals surface area (Å²) in [5.74, 6) is 1.05. The van der Waals surface area contributed by atoms with Gasteiger partial charge < -0.3 is 4.90 Å². The third-order valence-electron chi connectivity index (χ3n) is 4.77. The van der Waals surface area contributed by atoms with E-state index in [9.17, 15) is 4.79 Å². The number of carbonyl (C=O) groups is 1. The molecular formula is C20H32N2O. The average molecular weight is 316 g/mol. The van der Waals surface area contributed by atoms with Crippen molar-refractivity contribution in [2.24, 2.45) is 5.92 Å². The number of benzene rings is 1. The Morgan fingerprint density at radius 3 is 2.26 bits per heavy atom. The van der Waals surface area contributed by atoms with Gasteiger partial charge in [0.25, 0.3) is 0 Å². The Morgan fingerprint density at radius 2 is 1.70 bits per heavy atom. The zero-order chi connectivity index (χ0) is 16.5. The number of rotatable bonds is 8. The SMILES string of the molecule is CCCN(CCC)CC(=O)N1CCC(Cc2ccccc2)CC1. The van der Waals surface area contributed by atoms with Crippen molar-refractivity contribution in [3.8, 4) is 0 Å². The lowest BCUT2D eigenvalue weighted by Gasteiger charge is -2.33. The molecule has 0 aromatic heterocycles. The molecular weight excluding hydrogens is 284 g/mol. The van der Waals surface area contributed by atoms with Crippen LogP contribution in [0.1, 0.15) is 45.1 Å². The molecule has 1 amide bonds. The van der Waals surface area contributed by atoms with Crippen molar-refractivity contribution < 1.29 is 4.79 Å². The third-order valence-corrected chi connectivity index (χ3v) is 4.77. The van der Waals surface area contributed by atoms with Crippen molar-refractivity contribution in [2.45, 2.75) is 46.0 Å². The molecule has 1 aliphatic rings. The van der Waals surface area contributed by atoms with E-state index in [4.69, 9.17) is 0 Å². The summed E-state index contributed by atoms with van der Waals surface area (Å²) in [4.78, 5) is 16.9. The van der Waals surface area contributed by atoms with E-state index in [1.165, 1.54) is 5.56 Å². The Hall–Kier alpha value is -1.35. The van der Waals surface area contributed by atoms with Crippen LogP contribution in [-0.2, 0) is 11.2 Å². The number of piperidine rings is 1. The molecule has 0 atom stereocenters. The van der Waals surface area contributed by atoms with Gasteiger partial charge in [0.05, 0.1) is 6.54 Å². The van der Waals surface area contributed by atoms with Gasteiger partial charge in [-0.25, -0.2) is 0 Å². The first-order valence-electron chi connectivity index (χ1n) is 9.27. The van der Waals surface area contributed by atoms with Crippen LogP contribution in [0.4, 0.5) is 0 Å². The monoisotopic (exact) mass is 316 g/mol. The van der Waals surface area contributed by atoms with Gasteiger partial charge in [-0.05, 0) is 56.7 Å². The molecule has 1 heterocycles. The topological polar surface area (TPSA) is 23.6 Å². The molecule has 0 saturated carbocycles. The molecule has 23 heavy (non-hydrogen) atoms. The van der Waals surface area contributed by atoms with Crippen LogP contribution in [0.15, 0.2) is 30.3 Å². The maximum Gasteiger partial charge on any atom is 0.236 e. The fourth-order valence-corrected chi connectivity index (χ4v) is 3.53. The molecule has 1 saturated heterocycles. The molecule has 2 rings (SSSR count). The Morgan fingerprint density at radius 1 is 1.09 bits per heavy atom. The molecule has 1 aromatic carbocycles. The van der Waals surface area contributed by atoms with Crippen molar-refractivity contribution >= 4 is 5.91 Å². The highest BCUT2D eigenvalue weighted by molar-refractivity contribution is 5.78. The second-order valence-electron chi connectivity index (χ2n) is 6.79. The zero-order valence-electron chi connectivity index (χ0n) is 14.8. The molecule has 0 aliphatic carbocycles. The van der Waals surface area contributed by atoms with Crippen LogP contribution in [0, 0.1) is 5.92 Å². The highest BCUT2D eigenvalue weighted by Gasteiger charge is 2.23. The van der Waals surface area contributed by atoms with E-state index in [1.54, 1.807) is 0 Å². The van der Waals surface area contributed by atoms with E-state index < -0.39 is 0 Å². The van der Waals surface area contributed by atoms with Crippen molar-refractivity contribution in [3.05, 3.63) is 35.9 Å². The van der Waals surface area contributed by atoms with Gasteiger partial charge in [-0.1, -0.05) is 44.2 Å². The molecule has 3 nitrogen and oxygen atoms in total. The fraction of sp³-hybridized carbons (Fsp3) is 0.650. The molecule has 3 heteroatoms. The highest BCUT2D eigenvalue weighted by atomic mass is 16.2. The van der Waals surface area contributed by atoms with Gasteiger partial charge >= 0.3 is 0 Å². The fourth-order valence-electron chi connectivity index (χ4n) is 3.53. The van der Waals surface area contributed by atoms with Crippen LogP contribution < -0.4 is 0 Å². The van der Waals surface area contributed by atoms with Gasteiger partial charge in [0, 0.05) is 13.1 Å². The van der Waals surface area contributed by atoms with Gasteiger partial charge in [-0.3, -0.25) is 9.69 Å². The average Bonchev–Trinajstić information content (AvgIpc) is 2.57. The lowest BCUT2D eigenvalue weighted by molar-refractivity contribution is -0.133. The van der Waals surface area contributed by atoms with Gasteiger partial charge in [-0.2, -0.15) is 0 Å². The van der Waals surface area contributed by atoms with Crippen molar-refractivity contribution in [1.82, 2.24) is 9.80 Å². The minimum absolute atomic E-state index is 0.324. The molecule has 0 spiro atoms. The number of hydrogen-bond acceptors (Lipinski definition) is 2. The third kappa shape index (κ3) is 5.98. The summed E-state index contributed by atoms with van der Waals surface area (Å²) in [6.45, 7) is 8.90. The van der Waals surface area contributed by atoms with Gasteiger partial charge in [0.1, 0.15) is 0 Å². The largest absolute Gasteiger partial charge is 0.342 e. The number of nitrogens with zero attached hydrogens (tertiary/aromatic N) is 2. The number of hydrogen-bond donors (Lipinski definition) is 0. The van der Waals surface area contributed by atoms with Crippen molar-refractivity contribution in [1.29, 1.82) is 0 Å². The Labute approximate surface area is 141 Å². The van der Waals surface area contributed by atoms with E-state index in [0.29, 0.717) is 12.5 Å². The molecule has 0 bridgehead atoms.